The van der Waals surface area contributed by atoms with Crippen molar-refractivity contribution in [1.29, 1.82) is 0 Å². The van der Waals surface area contributed by atoms with Gasteiger partial charge < -0.3 is 0 Å². The Kier molecular flexibility index (Phi) is 5.38. The number of hydrazone groups is 1. The summed E-state index contributed by atoms with van der Waals surface area (Å²) in [5, 5.41) is 5.87. The largest absolute Gasteiger partial charge is 0.289 e. The molecular formula is C20H15ClFN3O3S. The highest BCUT2D eigenvalue weighted by Crippen LogP contribution is 2.34. The van der Waals surface area contributed by atoms with Gasteiger partial charge in [0.25, 0.3) is 11.1 Å². The number of nitrogens with zero attached hydrogens (tertiary/aromatic N) is 3. The highest BCUT2D eigenvalue weighted by atomic mass is 35.5. The lowest BCUT2D eigenvalue weighted by Crippen LogP contribution is -2.40. The maximum Gasteiger partial charge on any atom is 0.289 e. The molecule has 3 amide bonds. The lowest BCUT2D eigenvalue weighted by atomic mass is 9.98. The molecule has 0 aromatic heterocycles. The fourth-order valence-electron chi connectivity index (χ4n) is 3.24. The second-order valence-electron chi connectivity index (χ2n) is 6.60. The van der Waals surface area contributed by atoms with E-state index < -0.39 is 23.1 Å². The van der Waals surface area contributed by atoms with Gasteiger partial charge >= 0.3 is 0 Å². The van der Waals surface area contributed by atoms with Crippen molar-refractivity contribution < 1.29 is 18.8 Å². The van der Waals surface area contributed by atoms with Crippen LogP contribution in [0.5, 0.6) is 0 Å². The van der Waals surface area contributed by atoms with Crippen molar-refractivity contribution in [2.24, 2.45) is 5.10 Å². The average Bonchev–Trinajstić information content (AvgIpc) is 3.28. The molecule has 1 unspecified atom stereocenters. The predicted molar refractivity (Wildman–Crippen MR) is 108 cm³/mol. The zero-order valence-corrected chi connectivity index (χ0v) is 16.6. The third-order valence-electron chi connectivity index (χ3n) is 4.73. The Morgan fingerprint density at radius 1 is 1.14 bits per heavy atom. The van der Waals surface area contributed by atoms with Crippen LogP contribution in [0.1, 0.15) is 23.6 Å². The number of imide groups is 1. The summed E-state index contributed by atoms with van der Waals surface area (Å²) < 4.78 is 13.3. The van der Waals surface area contributed by atoms with E-state index in [0.29, 0.717) is 22.7 Å². The van der Waals surface area contributed by atoms with Crippen LogP contribution in [0.3, 0.4) is 0 Å². The summed E-state index contributed by atoms with van der Waals surface area (Å²) >= 11 is 6.85. The first kappa shape index (κ1) is 19.6. The van der Waals surface area contributed by atoms with E-state index in [4.69, 9.17) is 11.6 Å². The van der Waals surface area contributed by atoms with E-state index >= 15 is 0 Å². The number of hydrogen-bond donors (Lipinski definition) is 0. The van der Waals surface area contributed by atoms with Crippen LogP contribution < -0.4 is 0 Å². The number of carbonyl (C=O) groups is 3. The van der Waals surface area contributed by atoms with Crippen molar-refractivity contribution in [3.05, 3.63) is 70.5 Å². The van der Waals surface area contributed by atoms with E-state index in [1.54, 1.807) is 36.4 Å². The van der Waals surface area contributed by atoms with Gasteiger partial charge in [-0.05, 0) is 35.4 Å². The summed E-state index contributed by atoms with van der Waals surface area (Å²) in [6.45, 7) is -0.366. The molecule has 0 spiro atoms. The molecule has 0 bridgehead atoms. The highest BCUT2D eigenvalue weighted by Gasteiger charge is 2.37. The Bertz CT molecular complexity index is 995. The molecule has 0 saturated carbocycles. The first-order chi connectivity index (χ1) is 13.9. The second-order valence-corrected chi connectivity index (χ2v) is 7.96. The molecule has 2 aliphatic rings. The molecule has 6 nitrogen and oxygen atoms in total. The minimum absolute atomic E-state index is 0.0385. The van der Waals surface area contributed by atoms with Gasteiger partial charge in [-0.2, -0.15) is 5.10 Å². The lowest BCUT2D eigenvalue weighted by molar-refractivity contribution is -0.137. The SMILES string of the molecule is O=C1CSC(=O)N1CC(=O)N1N=C(c2ccc(F)cc2)CC1c1ccc(Cl)cc1. The van der Waals surface area contributed by atoms with Gasteiger partial charge in [0.05, 0.1) is 17.5 Å². The van der Waals surface area contributed by atoms with Crippen LogP contribution in [0.15, 0.2) is 53.6 Å². The number of carbonyl (C=O) groups excluding carboxylic acids is 3. The van der Waals surface area contributed by atoms with Crippen molar-refractivity contribution in [1.82, 2.24) is 9.91 Å². The Morgan fingerprint density at radius 2 is 1.83 bits per heavy atom. The van der Waals surface area contributed by atoms with Crippen LogP contribution in [0.2, 0.25) is 5.02 Å². The quantitative estimate of drug-likeness (QED) is 0.737. The summed E-state index contributed by atoms with van der Waals surface area (Å²) in [5.74, 6) is -1.18. The minimum atomic E-state index is -0.466. The zero-order valence-electron chi connectivity index (χ0n) is 15.0. The molecule has 2 aromatic carbocycles. The molecule has 1 atom stereocenters. The molecule has 2 aliphatic heterocycles. The summed E-state index contributed by atoms with van der Waals surface area (Å²) in [6, 6.07) is 12.5. The molecule has 4 rings (SSSR count). The molecule has 1 fully saturated rings. The average molecular weight is 432 g/mol. The van der Waals surface area contributed by atoms with Crippen LogP contribution in [-0.4, -0.2) is 45.0 Å². The summed E-state index contributed by atoms with van der Waals surface area (Å²) in [4.78, 5) is 37.6. The van der Waals surface area contributed by atoms with Crippen LogP contribution in [0, 0.1) is 5.82 Å². The van der Waals surface area contributed by atoms with Gasteiger partial charge in [0.1, 0.15) is 12.4 Å². The van der Waals surface area contributed by atoms with Crippen molar-refractivity contribution in [2.75, 3.05) is 12.3 Å². The molecule has 29 heavy (non-hydrogen) atoms. The maximum atomic E-state index is 13.3. The van der Waals surface area contributed by atoms with E-state index in [2.05, 4.69) is 5.10 Å². The molecule has 0 radical (unpaired) electrons. The number of rotatable bonds is 4. The monoisotopic (exact) mass is 431 g/mol. The van der Waals surface area contributed by atoms with Gasteiger partial charge in [-0.3, -0.25) is 19.3 Å². The molecule has 1 saturated heterocycles. The fraction of sp³-hybridized carbons (Fsp3) is 0.200. The smallest absolute Gasteiger partial charge is 0.273 e. The van der Waals surface area contributed by atoms with Gasteiger partial charge in [0.15, 0.2) is 0 Å². The Hall–Kier alpha value is -2.71. The van der Waals surface area contributed by atoms with E-state index in [9.17, 15) is 18.8 Å². The number of thioether (sulfide) groups is 1. The molecule has 2 heterocycles. The molecule has 2 aromatic rings. The van der Waals surface area contributed by atoms with E-state index in [0.717, 1.165) is 22.2 Å². The first-order valence-corrected chi connectivity index (χ1v) is 10.2. The fourth-order valence-corrected chi connectivity index (χ4v) is 4.09. The Labute approximate surface area is 175 Å². The Balaban J connectivity index is 1.64. The highest BCUT2D eigenvalue weighted by molar-refractivity contribution is 8.14. The predicted octanol–water partition coefficient (Wildman–Crippen LogP) is 3.85. The van der Waals surface area contributed by atoms with Crippen LogP contribution >= 0.6 is 23.4 Å². The van der Waals surface area contributed by atoms with Gasteiger partial charge in [-0.1, -0.05) is 47.6 Å². The maximum absolute atomic E-state index is 13.3. The summed E-state index contributed by atoms with van der Waals surface area (Å²) in [6.07, 6.45) is 0.412. The van der Waals surface area contributed by atoms with Gasteiger partial charge in [0.2, 0.25) is 5.91 Å². The van der Waals surface area contributed by atoms with Crippen LogP contribution in [0.25, 0.3) is 0 Å². The third kappa shape index (κ3) is 4.04. The van der Waals surface area contributed by atoms with Crippen LogP contribution in [0.4, 0.5) is 9.18 Å². The molecule has 0 N–H and O–H groups in total. The summed E-state index contributed by atoms with van der Waals surface area (Å²) in [7, 11) is 0. The van der Waals surface area contributed by atoms with Crippen LogP contribution in [-0.2, 0) is 9.59 Å². The topological polar surface area (TPSA) is 70.1 Å². The number of hydrogen-bond acceptors (Lipinski definition) is 5. The van der Waals surface area contributed by atoms with E-state index in [1.807, 2.05) is 0 Å². The van der Waals surface area contributed by atoms with Crippen molar-refractivity contribution in [3.63, 3.8) is 0 Å². The van der Waals surface area contributed by atoms with E-state index in [1.165, 1.54) is 17.1 Å². The lowest BCUT2D eigenvalue weighted by Gasteiger charge is -2.23. The van der Waals surface area contributed by atoms with Crippen molar-refractivity contribution in [3.8, 4) is 0 Å². The second kappa shape index (κ2) is 7.96. The van der Waals surface area contributed by atoms with Gasteiger partial charge in [-0.25, -0.2) is 9.40 Å². The molecule has 9 heteroatoms. The number of benzene rings is 2. The first-order valence-electron chi connectivity index (χ1n) is 8.80. The summed E-state index contributed by atoms with van der Waals surface area (Å²) in [5.41, 5.74) is 2.13. The number of amides is 3. The standard InChI is InChI=1S/C20H15ClFN3O3S/c21-14-5-1-13(2-6-14)17-9-16(12-3-7-15(22)8-4-12)23-25(17)18(26)10-24-19(27)11-29-20(24)28/h1-8,17H,9-11H2. The number of halogens is 2. The van der Waals surface area contributed by atoms with Gasteiger partial charge in [-0.15, -0.1) is 0 Å². The van der Waals surface area contributed by atoms with Crippen molar-refractivity contribution in [2.45, 2.75) is 12.5 Å². The molecular weight excluding hydrogens is 417 g/mol. The third-order valence-corrected chi connectivity index (χ3v) is 5.84. The molecule has 0 aliphatic carbocycles. The van der Waals surface area contributed by atoms with Gasteiger partial charge in [0, 0.05) is 11.4 Å². The molecule has 148 valence electrons. The minimum Gasteiger partial charge on any atom is -0.273 e. The van der Waals surface area contributed by atoms with Crippen molar-refractivity contribution >= 4 is 46.1 Å². The Morgan fingerprint density at radius 3 is 2.45 bits per heavy atom. The zero-order chi connectivity index (χ0) is 20.5. The normalized spacial score (nSPS) is 19.1. The van der Waals surface area contributed by atoms with E-state index in [-0.39, 0.29) is 18.1 Å².